The molecule has 1 aromatic carbocycles. The van der Waals surface area contributed by atoms with Gasteiger partial charge in [0, 0.05) is 57.0 Å². The number of aromatic amines is 1. The largest absolute Gasteiger partial charge is 0.444 e. The number of benzene rings is 1. The van der Waals surface area contributed by atoms with Gasteiger partial charge in [0.1, 0.15) is 28.9 Å². The summed E-state index contributed by atoms with van der Waals surface area (Å²) in [5.74, 6) is 0.588. The van der Waals surface area contributed by atoms with Crippen LogP contribution in [0.1, 0.15) is 51.6 Å². The zero-order chi connectivity index (χ0) is 29.7. The molecule has 0 bridgehead atoms. The first-order valence-corrected chi connectivity index (χ1v) is 15.0. The number of amides is 2. The zero-order valence-corrected chi connectivity index (χ0v) is 25.3. The number of nitrogens with zero attached hydrogens (tertiary/aromatic N) is 4. The van der Waals surface area contributed by atoms with Crippen LogP contribution in [0.25, 0.3) is 11.0 Å². The predicted octanol–water partition coefficient (Wildman–Crippen LogP) is 3.63. The Balaban J connectivity index is 1.36. The highest BCUT2D eigenvalue weighted by Crippen LogP contribution is 2.31. The zero-order valence-electron chi connectivity index (χ0n) is 24.6. The number of rotatable bonds is 8. The molecule has 2 aliphatic heterocycles. The summed E-state index contributed by atoms with van der Waals surface area (Å²) in [5.41, 5.74) is -0.110. The van der Waals surface area contributed by atoms with Gasteiger partial charge in [0.15, 0.2) is 0 Å². The van der Waals surface area contributed by atoms with E-state index in [2.05, 4.69) is 40.7 Å². The molecule has 11 nitrogen and oxygen atoms in total. The summed E-state index contributed by atoms with van der Waals surface area (Å²) in [6.45, 7) is 11.2. The van der Waals surface area contributed by atoms with Crippen LogP contribution < -0.4 is 20.9 Å². The van der Waals surface area contributed by atoms with Crippen LogP contribution in [0, 0.1) is 0 Å². The van der Waals surface area contributed by atoms with E-state index in [0.717, 1.165) is 61.6 Å². The van der Waals surface area contributed by atoms with E-state index in [9.17, 15) is 9.59 Å². The molecule has 2 saturated heterocycles. The van der Waals surface area contributed by atoms with Crippen molar-refractivity contribution >= 4 is 40.5 Å². The van der Waals surface area contributed by atoms with E-state index in [1.807, 2.05) is 57.3 Å². The lowest BCUT2D eigenvalue weighted by atomic mass is 9.85. The van der Waals surface area contributed by atoms with E-state index < -0.39 is 17.2 Å². The monoisotopic (exact) mass is 596 g/mol. The number of piperazine rings is 1. The molecule has 0 aliphatic carbocycles. The fourth-order valence-electron chi connectivity index (χ4n) is 5.68. The van der Waals surface area contributed by atoms with E-state index >= 15 is 0 Å². The molecule has 1 unspecified atom stereocenters. The molecular weight excluding hydrogens is 556 g/mol. The first-order valence-electron chi connectivity index (χ1n) is 14.7. The highest BCUT2D eigenvalue weighted by molar-refractivity contribution is 6.30. The van der Waals surface area contributed by atoms with E-state index in [0.29, 0.717) is 31.0 Å². The molecule has 5 rings (SSSR count). The number of carbonyl (C=O) groups excluding carboxylic acids is 2. The minimum atomic E-state index is -1.15. The molecule has 226 valence electrons. The Kier molecular flexibility index (Phi) is 9.19. The summed E-state index contributed by atoms with van der Waals surface area (Å²) < 4.78 is 5.61. The van der Waals surface area contributed by atoms with Crippen molar-refractivity contribution < 1.29 is 14.3 Å². The Morgan fingerprint density at radius 1 is 1.07 bits per heavy atom. The Morgan fingerprint density at radius 2 is 1.79 bits per heavy atom. The van der Waals surface area contributed by atoms with Crippen LogP contribution in [0.5, 0.6) is 0 Å². The van der Waals surface area contributed by atoms with Crippen LogP contribution in [-0.4, -0.2) is 88.8 Å². The molecule has 2 amide bonds. The number of aromatic nitrogens is 3. The number of nitrogens with one attached hydrogen (secondary N) is 4. The predicted molar refractivity (Wildman–Crippen MR) is 164 cm³/mol. The summed E-state index contributed by atoms with van der Waals surface area (Å²) >= 11 is 6.19. The lowest BCUT2D eigenvalue weighted by molar-refractivity contribution is -0.129. The maximum atomic E-state index is 14.3. The van der Waals surface area contributed by atoms with Gasteiger partial charge >= 0.3 is 6.09 Å². The van der Waals surface area contributed by atoms with Gasteiger partial charge in [0.25, 0.3) is 0 Å². The Bertz CT molecular complexity index is 1360. The van der Waals surface area contributed by atoms with Gasteiger partial charge < -0.3 is 35.5 Å². The third-order valence-corrected chi connectivity index (χ3v) is 8.20. The fraction of sp³-hybridized carbons (Fsp3) is 0.533. The lowest BCUT2D eigenvalue weighted by Gasteiger charge is -2.42. The van der Waals surface area contributed by atoms with Crippen molar-refractivity contribution in [3.8, 4) is 0 Å². The standard InChI is InChI=1S/C30H41ClN8O3/c1-29(2,3)42-28(41)37-30(10-16-39(17-11-30)26-23-8-12-33-25(23)34-20-35-26)27(40)36-24(21-4-6-22(31)7-5-21)9-15-38-18-13-32-14-19-38/h4-8,12,20,24,32H,9-11,13-19H2,1-3H3,(H,36,40)(H,37,41)(H,33,34,35). The number of piperidine rings is 1. The molecule has 0 spiro atoms. The second kappa shape index (κ2) is 12.8. The van der Waals surface area contributed by atoms with Crippen LogP contribution in [0.2, 0.25) is 5.02 Å². The number of carbonyl (C=O) groups is 2. The highest BCUT2D eigenvalue weighted by Gasteiger charge is 2.45. The van der Waals surface area contributed by atoms with Crippen molar-refractivity contribution in [2.75, 3.05) is 50.7 Å². The summed E-state index contributed by atoms with van der Waals surface area (Å²) in [7, 11) is 0. The van der Waals surface area contributed by atoms with Crippen molar-refractivity contribution in [3.63, 3.8) is 0 Å². The number of alkyl carbamates (subject to hydrolysis) is 1. The third kappa shape index (κ3) is 7.32. The van der Waals surface area contributed by atoms with Crippen LogP contribution in [0.4, 0.5) is 10.6 Å². The van der Waals surface area contributed by atoms with Crippen molar-refractivity contribution in [1.82, 2.24) is 35.8 Å². The SMILES string of the molecule is CC(C)(C)OC(=O)NC1(C(=O)NC(CCN2CCNCC2)c2ccc(Cl)cc2)CCN(c2ncnc3[nH]ccc23)CC1. The third-order valence-electron chi connectivity index (χ3n) is 7.95. The minimum Gasteiger partial charge on any atom is -0.444 e. The normalized spacial score (nSPS) is 18.4. The average Bonchev–Trinajstić information content (AvgIpc) is 3.45. The molecule has 2 fully saturated rings. The molecule has 2 aromatic heterocycles. The van der Waals surface area contributed by atoms with Crippen LogP contribution in [-0.2, 0) is 9.53 Å². The maximum Gasteiger partial charge on any atom is 0.408 e. The van der Waals surface area contributed by atoms with E-state index in [-0.39, 0.29) is 11.9 Å². The molecule has 4 heterocycles. The molecule has 1 atom stereocenters. The summed E-state index contributed by atoms with van der Waals surface area (Å²) in [6.07, 6.45) is 4.28. The van der Waals surface area contributed by atoms with Gasteiger partial charge in [-0.25, -0.2) is 14.8 Å². The molecule has 4 N–H and O–H groups in total. The Morgan fingerprint density at radius 3 is 2.48 bits per heavy atom. The van der Waals surface area contributed by atoms with Gasteiger partial charge in [-0.3, -0.25) is 4.79 Å². The van der Waals surface area contributed by atoms with E-state index in [1.165, 1.54) is 6.33 Å². The Labute approximate surface area is 251 Å². The second-order valence-corrected chi connectivity index (χ2v) is 12.5. The average molecular weight is 597 g/mol. The number of hydrogen-bond acceptors (Lipinski definition) is 8. The smallest absolute Gasteiger partial charge is 0.408 e. The molecule has 0 radical (unpaired) electrons. The minimum absolute atomic E-state index is 0.220. The van der Waals surface area contributed by atoms with Crippen molar-refractivity contribution in [2.45, 2.75) is 57.2 Å². The van der Waals surface area contributed by atoms with Gasteiger partial charge in [0.05, 0.1) is 11.4 Å². The van der Waals surface area contributed by atoms with Crippen LogP contribution >= 0.6 is 11.6 Å². The molecule has 12 heteroatoms. The second-order valence-electron chi connectivity index (χ2n) is 12.1. The van der Waals surface area contributed by atoms with Gasteiger partial charge in [-0.1, -0.05) is 23.7 Å². The number of fused-ring (bicyclic) bond motifs is 1. The molecule has 2 aliphatic rings. The van der Waals surface area contributed by atoms with Gasteiger partial charge in [0.2, 0.25) is 5.91 Å². The van der Waals surface area contributed by atoms with Crippen LogP contribution in [0.3, 0.4) is 0 Å². The van der Waals surface area contributed by atoms with E-state index in [4.69, 9.17) is 16.3 Å². The van der Waals surface area contributed by atoms with Crippen molar-refractivity contribution in [2.24, 2.45) is 0 Å². The van der Waals surface area contributed by atoms with Crippen LogP contribution in [0.15, 0.2) is 42.9 Å². The number of anilines is 1. The highest BCUT2D eigenvalue weighted by atomic mass is 35.5. The summed E-state index contributed by atoms with van der Waals surface area (Å²) in [5, 5.41) is 11.2. The van der Waals surface area contributed by atoms with Gasteiger partial charge in [-0.15, -0.1) is 0 Å². The Hall–Kier alpha value is -3.41. The molecule has 3 aromatic rings. The van der Waals surface area contributed by atoms with Gasteiger partial charge in [-0.05, 0) is 63.8 Å². The molecular formula is C30H41ClN8O3. The van der Waals surface area contributed by atoms with Gasteiger partial charge in [-0.2, -0.15) is 0 Å². The number of H-pyrrole nitrogens is 1. The molecule has 0 saturated carbocycles. The number of ether oxygens (including phenoxy) is 1. The quantitative estimate of drug-likeness (QED) is 0.310. The maximum absolute atomic E-state index is 14.3. The topological polar surface area (TPSA) is 128 Å². The summed E-state index contributed by atoms with van der Waals surface area (Å²) in [4.78, 5) is 43.8. The van der Waals surface area contributed by atoms with E-state index in [1.54, 1.807) is 0 Å². The number of halogens is 1. The van der Waals surface area contributed by atoms with Crippen molar-refractivity contribution in [1.29, 1.82) is 0 Å². The lowest BCUT2D eigenvalue weighted by Crippen LogP contribution is -2.64. The summed E-state index contributed by atoms with van der Waals surface area (Å²) in [6, 6.07) is 9.31. The molecule has 42 heavy (non-hydrogen) atoms. The first-order chi connectivity index (χ1) is 20.1. The number of hydrogen-bond donors (Lipinski definition) is 4. The van der Waals surface area contributed by atoms with Crippen molar-refractivity contribution in [3.05, 3.63) is 53.4 Å². The fourth-order valence-corrected chi connectivity index (χ4v) is 5.80. The first kappa shape index (κ1) is 30.1.